The van der Waals surface area contributed by atoms with Gasteiger partial charge in [0.1, 0.15) is 0 Å². The molecule has 0 rings (SSSR count). The van der Waals surface area contributed by atoms with E-state index in [1.165, 1.54) is 38.5 Å². The van der Waals surface area contributed by atoms with E-state index in [-0.39, 0.29) is 0 Å². The molecule has 0 bridgehead atoms. The molecule has 2 unspecified atom stereocenters. The van der Waals surface area contributed by atoms with Crippen LogP contribution in [0.5, 0.6) is 0 Å². The van der Waals surface area contributed by atoms with Gasteiger partial charge in [-0.1, -0.05) is 46.5 Å². The first-order valence-corrected chi connectivity index (χ1v) is 5.91. The Morgan fingerprint density at radius 2 is 1.77 bits per heavy atom. The van der Waals surface area contributed by atoms with Crippen molar-refractivity contribution in [1.82, 2.24) is 5.32 Å². The fourth-order valence-electron chi connectivity index (χ4n) is 1.93. The van der Waals surface area contributed by atoms with E-state index in [0.717, 1.165) is 12.0 Å². The summed E-state index contributed by atoms with van der Waals surface area (Å²) in [6.45, 7) is 6.92. The predicted molar refractivity (Wildman–Crippen MR) is 61.1 cm³/mol. The first-order chi connectivity index (χ1) is 6.24. The third-order valence-electron chi connectivity index (χ3n) is 2.78. The van der Waals surface area contributed by atoms with E-state index in [0.29, 0.717) is 0 Å². The summed E-state index contributed by atoms with van der Waals surface area (Å²) < 4.78 is 0. The van der Waals surface area contributed by atoms with E-state index in [2.05, 4.69) is 33.1 Å². The second-order valence-electron chi connectivity index (χ2n) is 4.26. The largest absolute Gasteiger partial charge is 0.317 e. The Morgan fingerprint density at radius 3 is 2.23 bits per heavy atom. The molecular weight excluding hydrogens is 158 g/mol. The van der Waals surface area contributed by atoms with Gasteiger partial charge in [0.05, 0.1) is 0 Å². The molecule has 0 heterocycles. The van der Waals surface area contributed by atoms with Gasteiger partial charge < -0.3 is 5.32 Å². The van der Waals surface area contributed by atoms with Crippen LogP contribution in [0.25, 0.3) is 0 Å². The van der Waals surface area contributed by atoms with Crippen LogP contribution in [-0.2, 0) is 0 Å². The molecule has 0 aliphatic carbocycles. The maximum absolute atomic E-state index is 3.43. The van der Waals surface area contributed by atoms with E-state index in [1.807, 2.05) is 0 Å². The molecule has 1 heteroatoms. The summed E-state index contributed by atoms with van der Waals surface area (Å²) in [4.78, 5) is 0. The van der Waals surface area contributed by atoms with Crippen molar-refractivity contribution < 1.29 is 0 Å². The average molecular weight is 185 g/mol. The molecule has 0 saturated carbocycles. The second kappa shape index (κ2) is 8.55. The van der Waals surface area contributed by atoms with Crippen molar-refractivity contribution in [2.75, 3.05) is 7.05 Å². The Bertz CT molecular complexity index is 101. The van der Waals surface area contributed by atoms with Gasteiger partial charge in [-0.15, -0.1) is 0 Å². The van der Waals surface area contributed by atoms with Crippen LogP contribution in [0, 0.1) is 5.92 Å². The Hall–Kier alpha value is -0.0400. The third-order valence-corrected chi connectivity index (χ3v) is 2.78. The average Bonchev–Trinajstić information content (AvgIpc) is 2.12. The van der Waals surface area contributed by atoms with Gasteiger partial charge in [0.25, 0.3) is 0 Å². The molecule has 0 amide bonds. The van der Waals surface area contributed by atoms with E-state index in [9.17, 15) is 0 Å². The second-order valence-corrected chi connectivity index (χ2v) is 4.26. The maximum Gasteiger partial charge on any atom is 0.00665 e. The minimum atomic E-state index is 0.751. The van der Waals surface area contributed by atoms with Crippen molar-refractivity contribution in [2.45, 2.75) is 65.3 Å². The molecule has 13 heavy (non-hydrogen) atoms. The van der Waals surface area contributed by atoms with E-state index in [4.69, 9.17) is 0 Å². The molecule has 0 saturated heterocycles. The number of rotatable bonds is 8. The number of nitrogens with one attached hydrogen (secondary N) is 1. The molecule has 0 fully saturated rings. The number of hydrogen-bond acceptors (Lipinski definition) is 1. The molecule has 0 aromatic carbocycles. The van der Waals surface area contributed by atoms with E-state index in [1.54, 1.807) is 0 Å². The monoisotopic (exact) mass is 185 g/mol. The van der Waals surface area contributed by atoms with Gasteiger partial charge in [-0.25, -0.2) is 0 Å². The molecule has 0 aromatic heterocycles. The lowest BCUT2D eigenvalue weighted by Crippen LogP contribution is -2.27. The SMILES string of the molecule is CCCCC(CC(C)CCC)NC. The maximum atomic E-state index is 3.43. The van der Waals surface area contributed by atoms with E-state index < -0.39 is 0 Å². The zero-order chi connectivity index (χ0) is 10.1. The van der Waals surface area contributed by atoms with Gasteiger partial charge in [-0.3, -0.25) is 0 Å². The highest BCUT2D eigenvalue weighted by molar-refractivity contribution is 4.67. The Morgan fingerprint density at radius 1 is 1.08 bits per heavy atom. The Balaban J connectivity index is 3.56. The highest BCUT2D eigenvalue weighted by atomic mass is 14.9. The van der Waals surface area contributed by atoms with Crippen molar-refractivity contribution >= 4 is 0 Å². The van der Waals surface area contributed by atoms with Crippen LogP contribution in [-0.4, -0.2) is 13.1 Å². The van der Waals surface area contributed by atoms with Crippen molar-refractivity contribution in [3.05, 3.63) is 0 Å². The molecule has 2 atom stereocenters. The minimum absolute atomic E-state index is 0.751. The summed E-state index contributed by atoms with van der Waals surface area (Å²) >= 11 is 0. The van der Waals surface area contributed by atoms with Gasteiger partial charge in [-0.2, -0.15) is 0 Å². The van der Waals surface area contributed by atoms with Crippen LogP contribution < -0.4 is 5.32 Å². The molecule has 0 radical (unpaired) electrons. The lowest BCUT2D eigenvalue weighted by Gasteiger charge is -2.19. The van der Waals surface area contributed by atoms with Gasteiger partial charge in [0.15, 0.2) is 0 Å². The summed E-state index contributed by atoms with van der Waals surface area (Å²) in [5.74, 6) is 0.888. The smallest absolute Gasteiger partial charge is 0.00665 e. The van der Waals surface area contributed by atoms with Crippen LogP contribution >= 0.6 is 0 Å². The lowest BCUT2D eigenvalue weighted by atomic mass is 9.94. The molecule has 0 spiro atoms. The summed E-state index contributed by atoms with van der Waals surface area (Å²) in [5, 5.41) is 3.43. The standard InChI is InChI=1S/C12H27N/c1-5-7-9-12(13-4)10-11(3)8-6-2/h11-13H,5-10H2,1-4H3. The first-order valence-electron chi connectivity index (χ1n) is 5.91. The summed E-state index contributed by atoms with van der Waals surface area (Å²) in [5.41, 5.74) is 0. The zero-order valence-corrected chi connectivity index (χ0v) is 9.90. The minimum Gasteiger partial charge on any atom is -0.317 e. The van der Waals surface area contributed by atoms with Gasteiger partial charge in [-0.05, 0) is 25.8 Å². The number of unbranched alkanes of at least 4 members (excludes halogenated alkanes) is 1. The molecule has 1 N–H and O–H groups in total. The van der Waals surface area contributed by atoms with Crippen molar-refractivity contribution in [3.8, 4) is 0 Å². The molecule has 0 aliphatic heterocycles. The van der Waals surface area contributed by atoms with Crippen molar-refractivity contribution in [1.29, 1.82) is 0 Å². The van der Waals surface area contributed by atoms with Crippen LogP contribution in [0.3, 0.4) is 0 Å². The predicted octanol–water partition coefficient (Wildman–Crippen LogP) is 3.59. The van der Waals surface area contributed by atoms with Crippen LogP contribution in [0.2, 0.25) is 0 Å². The van der Waals surface area contributed by atoms with Gasteiger partial charge >= 0.3 is 0 Å². The molecule has 0 aromatic rings. The topological polar surface area (TPSA) is 12.0 Å². The van der Waals surface area contributed by atoms with Crippen LogP contribution in [0.1, 0.15) is 59.3 Å². The van der Waals surface area contributed by atoms with Gasteiger partial charge in [0.2, 0.25) is 0 Å². The molecule has 1 nitrogen and oxygen atoms in total. The van der Waals surface area contributed by atoms with Crippen LogP contribution in [0.15, 0.2) is 0 Å². The van der Waals surface area contributed by atoms with Gasteiger partial charge in [0, 0.05) is 6.04 Å². The normalized spacial score (nSPS) is 15.7. The fourth-order valence-corrected chi connectivity index (χ4v) is 1.93. The Kier molecular flexibility index (Phi) is 8.53. The van der Waals surface area contributed by atoms with Crippen molar-refractivity contribution in [3.63, 3.8) is 0 Å². The highest BCUT2D eigenvalue weighted by Gasteiger charge is 2.09. The molecule has 80 valence electrons. The molecule has 0 aliphatic rings. The lowest BCUT2D eigenvalue weighted by molar-refractivity contribution is 0.377. The highest BCUT2D eigenvalue weighted by Crippen LogP contribution is 2.15. The summed E-state index contributed by atoms with van der Waals surface area (Å²) in [6, 6.07) is 0.751. The molecular formula is C12H27N. The first kappa shape index (κ1) is 13.0. The Labute approximate surface area is 84.3 Å². The van der Waals surface area contributed by atoms with E-state index >= 15 is 0 Å². The quantitative estimate of drug-likeness (QED) is 0.609. The third kappa shape index (κ3) is 7.06. The zero-order valence-electron chi connectivity index (χ0n) is 9.90. The van der Waals surface area contributed by atoms with Crippen molar-refractivity contribution in [2.24, 2.45) is 5.92 Å². The summed E-state index contributed by atoms with van der Waals surface area (Å²) in [6.07, 6.45) is 8.09. The fraction of sp³-hybridized carbons (Fsp3) is 1.00. The number of hydrogen-bond donors (Lipinski definition) is 1. The van der Waals surface area contributed by atoms with Crippen LogP contribution in [0.4, 0.5) is 0 Å². The summed E-state index contributed by atoms with van der Waals surface area (Å²) in [7, 11) is 2.10.